The van der Waals surface area contributed by atoms with E-state index in [-0.39, 0.29) is 17.3 Å². The van der Waals surface area contributed by atoms with Gasteiger partial charge < -0.3 is 4.90 Å². The third kappa shape index (κ3) is 2.95. The maximum Gasteiger partial charge on any atom is 0.245 e. The third-order valence-corrected chi connectivity index (χ3v) is 6.28. The number of nitrogens with zero attached hydrogens (tertiary/aromatic N) is 2. The number of sulfonamides is 1. The number of piperazine rings is 1. The van der Waals surface area contributed by atoms with Crippen molar-refractivity contribution in [3.05, 3.63) is 60.2 Å². The van der Waals surface area contributed by atoms with Crippen LogP contribution in [0.1, 0.15) is 12.5 Å². The lowest BCUT2D eigenvalue weighted by Crippen LogP contribution is -2.57. The lowest BCUT2D eigenvalue weighted by atomic mass is 10.1. The Kier molecular flexibility index (Phi) is 4.43. The van der Waals surface area contributed by atoms with Crippen LogP contribution in [-0.2, 0) is 14.8 Å². The molecule has 1 saturated heterocycles. The van der Waals surface area contributed by atoms with E-state index in [4.69, 9.17) is 0 Å². The zero-order valence-corrected chi connectivity index (χ0v) is 14.5. The fourth-order valence-corrected chi connectivity index (χ4v) is 4.49. The molecule has 1 heterocycles. The van der Waals surface area contributed by atoms with Crippen LogP contribution < -0.4 is 4.90 Å². The van der Waals surface area contributed by atoms with Crippen LogP contribution in [0.5, 0.6) is 0 Å². The van der Waals surface area contributed by atoms with Gasteiger partial charge in [-0.05, 0) is 38.1 Å². The van der Waals surface area contributed by atoms with Crippen molar-refractivity contribution in [2.45, 2.75) is 24.8 Å². The molecule has 0 saturated carbocycles. The zero-order chi connectivity index (χ0) is 17.3. The van der Waals surface area contributed by atoms with Gasteiger partial charge in [0.05, 0.1) is 4.90 Å². The Morgan fingerprint density at radius 3 is 2.21 bits per heavy atom. The maximum absolute atomic E-state index is 12.8. The first kappa shape index (κ1) is 16.7. The lowest BCUT2D eigenvalue weighted by molar-refractivity contribution is -0.123. The Morgan fingerprint density at radius 1 is 0.958 bits per heavy atom. The summed E-state index contributed by atoms with van der Waals surface area (Å²) in [5.41, 5.74) is 1.92. The minimum Gasteiger partial charge on any atom is -0.310 e. The third-order valence-electron chi connectivity index (χ3n) is 4.29. The van der Waals surface area contributed by atoms with E-state index in [0.717, 1.165) is 11.3 Å². The highest BCUT2D eigenvalue weighted by atomic mass is 32.2. The van der Waals surface area contributed by atoms with Crippen molar-refractivity contribution < 1.29 is 13.2 Å². The molecule has 0 radical (unpaired) electrons. The summed E-state index contributed by atoms with van der Waals surface area (Å²) in [5, 5.41) is 0. The fourth-order valence-electron chi connectivity index (χ4n) is 2.89. The first-order valence-corrected chi connectivity index (χ1v) is 9.30. The highest BCUT2D eigenvalue weighted by molar-refractivity contribution is 7.89. The van der Waals surface area contributed by atoms with E-state index in [1.165, 1.54) is 4.31 Å². The van der Waals surface area contributed by atoms with Crippen molar-refractivity contribution in [2.24, 2.45) is 0 Å². The largest absolute Gasteiger partial charge is 0.310 e. The molecule has 1 aliphatic heterocycles. The van der Waals surface area contributed by atoms with Gasteiger partial charge in [0.15, 0.2) is 0 Å². The molecule has 1 aliphatic rings. The molecule has 3 rings (SSSR count). The maximum atomic E-state index is 12.8. The molecule has 2 aromatic carbocycles. The van der Waals surface area contributed by atoms with Crippen LogP contribution >= 0.6 is 0 Å². The van der Waals surface area contributed by atoms with Crippen molar-refractivity contribution in [1.82, 2.24) is 4.31 Å². The van der Waals surface area contributed by atoms with Crippen molar-refractivity contribution >= 4 is 21.6 Å². The molecule has 2 aromatic rings. The molecule has 1 atom stereocenters. The molecule has 24 heavy (non-hydrogen) atoms. The number of carbonyl (C=O) groups is 1. The summed E-state index contributed by atoms with van der Waals surface area (Å²) < 4.78 is 26.9. The topological polar surface area (TPSA) is 57.7 Å². The smallest absolute Gasteiger partial charge is 0.245 e. The van der Waals surface area contributed by atoms with Gasteiger partial charge in [0.25, 0.3) is 0 Å². The molecule has 0 aromatic heterocycles. The summed E-state index contributed by atoms with van der Waals surface area (Å²) in [6.45, 7) is 4.25. The normalized spacial score (nSPS) is 19.5. The van der Waals surface area contributed by atoms with Crippen LogP contribution in [0.3, 0.4) is 0 Å². The summed E-state index contributed by atoms with van der Waals surface area (Å²) in [4.78, 5) is 14.6. The van der Waals surface area contributed by atoms with Crippen LogP contribution in [0.15, 0.2) is 59.5 Å². The average molecular weight is 344 g/mol. The Morgan fingerprint density at radius 2 is 1.58 bits per heavy atom. The van der Waals surface area contributed by atoms with Crippen LogP contribution in [0, 0.1) is 6.92 Å². The Labute approximate surface area is 142 Å². The predicted molar refractivity (Wildman–Crippen MR) is 93.3 cm³/mol. The molecule has 1 unspecified atom stereocenters. The number of benzene rings is 2. The van der Waals surface area contributed by atoms with Crippen molar-refractivity contribution in [3.63, 3.8) is 0 Å². The predicted octanol–water partition coefficient (Wildman–Crippen LogP) is 2.42. The van der Waals surface area contributed by atoms with Crippen LogP contribution in [0.4, 0.5) is 5.69 Å². The standard InChI is InChI=1S/C18H20N2O3S/c1-14-8-10-16(11-9-14)19-12-13-20(15(2)18(19)21)24(22,23)17-6-4-3-5-7-17/h3-11,15H,12-13H2,1-2H3. The second-order valence-corrected chi connectivity index (χ2v) is 7.82. The van der Waals surface area contributed by atoms with Gasteiger partial charge >= 0.3 is 0 Å². The van der Waals surface area contributed by atoms with Gasteiger partial charge in [-0.3, -0.25) is 4.79 Å². The van der Waals surface area contributed by atoms with Gasteiger partial charge in [0.2, 0.25) is 15.9 Å². The summed E-state index contributed by atoms with van der Waals surface area (Å²) in [6, 6.07) is 15.2. The summed E-state index contributed by atoms with van der Waals surface area (Å²) >= 11 is 0. The van der Waals surface area contributed by atoms with E-state index in [0.29, 0.717) is 6.54 Å². The van der Waals surface area contributed by atoms with E-state index in [1.807, 2.05) is 31.2 Å². The first-order chi connectivity index (χ1) is 11.4. The van der Waals surface area contributed by atoms with Crippen molar-refractivity contribution in [2.75, 3.05) is 18.0 Å². The van der Waals surface area contributed by atoms with E-state index in [1.54, 1.807) is 42.2 Å². The van der Waals surface area contributed by atoms with Gasteiger partial charge in [-0.1, -0.05) is 35.9 Å². The summed E-state index contributed by atoms with van der Waals surface area (Å²) in [7, 11) is -3.67. The molecular weight excluding hydrogens is 324 g/mol. The van der Waals surface area contributed by atoms with Crippen LogP contribution in [0.2, 0.25) is 0 Å². The number of amides is 1. The minimum atomic E-state index is -3.67. The van der Waals surface area contributed by atoms with Crippen molar-refractivity contribution in [1.29, 1.82) is 0 Å². The Hall–Kier alpha value is -2.18. The molecular formula is C18H20N2O3S. The van der Waals surface area contributed by atoms with Gasteiger partial charge in [0, 0.05) is 18.8 Å². The van der Waals surface area contributed by atoms with Gasteiger partial charge in [0.1, 0.15) is 6.04 Å². The molecule has 0 bridgehead atoms. The SMILES string of the molecule is Cc1ccc(N2CCN(S(=O)(=O)c3ccccc3)C(C)C2=O)cc1. The zero-order valence-electron chi connectivity index (χ0n) is 13.7. The first-order valence-electron chi connectivity index (χ1n) is 7.86. The quantitative estimate of drug-likeness (QED) is 0.859. The summed E-state index contributed by atoms with van der Waals surface area (Å²) in [6.07, 6.45) is 0. The Bertz CT molecular complexity index is 832. The van der Waals surface area contributed by atoms with Gasteiger partial charge in [-0.2, -0.15) is 4.31 Å². The lowest BCUT2D eigenvalue weighted by Gasteiger charge is -2.38. The molecule has 1 fully saturated rings. The van der Waals surface area contributed by atoms with E-state index in [9.17, 15) is 13.2 Å². The molecule has 0 aliphatic carbocycles. The number of hydrogen-bond acceptors (Lipinski definition) is 3. The van der Waals surface area contributed by atoms with Crippen molar-refractivity contribution in [3.8, 4) is 0 Å². The number of anilines is 1. The molecule has 1 amide bonds. The number of hydrogen-bond donors (Lipinski definition) is 0. The fraction of sp³-hybridized carbons (Fsp3) is 0.278. The highest BCUT2D eigenvalue weighted by Gasteiger charge is 2.39. The molecule has 6 heteroatoms. The minimum absolute atomic E-state index is 0.204. The van der Waals surface area contributed by atoms with E-state index < -0.39 is 16.1 Å². The van der Waals surface area contributed by atoms with Crippen LogP contribution in [-0.4, -0.2) is 37.8 Å². The van der Waals surface area contributed by atoms with E-state index >= 15 is 0 Å². The van der Waals surface area contributed by atoms with Gasteiger partial charge in [-0.15, -0.1) is 0 Å². The molecule has 5 nitrogen and oxygen atoms in total. The van der Waals surface area contributed by atoms with Crippen LogP contribution in [0.25, 0.3) is 0 Å². The molecule has 0 N–H and O–H groups in total. The molecule has 126 valence electrons. The highest BCUT2D eigenvalue weighted by Crippen LogP contribution is 2.25. The second kappa shape index (κ2) is 6.37. The monoisotopic (exact) mass is 344 g/mol. The van der Waals surface area contributed by atoms with E-state index in [2.05, 4.69) is 0 Å². The summed E-state index contributed by atoms with van der Waals surface area (Å²) in [5.74, 6) is -0.204. The number of carbonyl (C=O) groups excluding carboxylic acids is 1. The average Bonchev–Trinajstić information content (AvgIpc) is 2.59. The second-order valence-electron chi connectivity index (χ2n) is 5.93. The Balaban J connectivity index is 1.86. The molecule has 0 spiro atoms. The number of aryl methyl sites for hydroxylation is 1. The van der Waals surface area contributed by atoms with Gasteiger partial charge in [-0.25, -0.2) is 8.42 Å². The number of rotatable bonds is 3.